The highest BCUT2D eigenvalue weighted by molar-refractivity contribution is 7.91. The van der Waals surface area contributed by atoms with Crippen LogP contribution in [0.1, 0.15) is 17.5 Å². The Morgan fingerprint density at radius 3 is 2.41 bits per heavy atom. The van der Waals surface area contributed by atoms with Crippen LogP contribution in [0, 0.1) is 6.92 Å². The fraction of sp³-hybridized carbons (Fsp3) is 0.417. The number of carbonyl (C=O) groups is 2. The highest BCUT2D eigenvalue weighted by Crippen LogP contribution is 2.32. The SMILES string of the molecule is Cc1ccc(S(=O)(=O)CCC(=O)OCC(=O)N2CCN(Cc3ccc4c(c3)OCO4)CC2)cc1. The van der Waals surface area contributed by atoms with E-state index in [1.54, 1.807) is 17.0 Å². The van der Waals surface area contributed by atoms with Gasteiger partial charge in [0.1, 0.15) is 0 Å². The standard InChI is InChI=1S/C24H28N2O7S/c1-18-2-5-20(6-3-18)34(29,30)13-8-24(28)31-16-23(27)26-11-9-25(10-12-26)15-19-4-7-21-22(14-19)33-17-32-21/h2-7,14H,8-13,15-17H2,1H3. The number of piperazine rings is 1. The summed E-state index contributed by atoms with van der Waals surface area (Å²) in [5.41, 5.74) is 2.06. The predicted molar refractivity (Wildman–Crippen MR) is 123 cm³/mol. The first-order valence-electron chi connectivity index (χ1n) is 11.1. The van der Waals surface area contributed by atoms with Crippen molar-refractivity contribution >= 4 is 21.7 Å². The molecule has 0 saturated carbocycles. The van der Waals surface area contributed by atoms with Crippen LogP contribution in [-0.4, -0.2) is 75.4 Å². The van der Waals surface area contributed by atoms with E-state index in [2.05, 4.69) is 4.90 Å². The molecule has 34 heavy (non-hydrogen) atoms. The summed E-state index contributed by atoms with van der Waals surface area (Å²) in [6.07, 6.45) is -0.299. The molecule has 2 aliphatic heterocycles. The Morgan fingerprint density at radius 1 is 0.971 bits per heavy atom. The normalized spacial score (nSPS) is 15.9. The second-order valence-corrected chi connectivity index (χ2v) is 10.5. The smallest absolute Gasteiger partial charge is 0.307 e. The van der Waals surface area contributed by atoms with Crippen molar-refractivity contribution in [3.8, 4) is 11.5 Å². The fourth-order valence-corrected chi connectivity index (χ4v) is 5.06. The monoisotopic (exact) mass is 488 g/mol. The van der Waals surface area contributed by atoms with Crippen LogP contribution in [-0.2, 0) is 30.7 Å². The minimum atomic E-state index is -3.58. The lowest BCUT2D eigenvalue weighted by molar-refractivity contribution is -0.152. The zero-order chi connectivity index (χ0) is 24.1. The quantitative estimate of drug-likeness (QED) is 0.518. The number of amides is 1. The van der Waals surface area contributed by atoms with Crippen LogP contribution in [0.4, 0.5) is 0 Å². The maximum absolute atomic E-state index is 12.4. The third-order valence-corrected chi connectivity index (χ3v) is 7.61. The van der Waals surface area contributed by atoms with Crippen molar-refractivity contribution in [2.45, 2.75) is 24.8 Å². The van der Waals surface area contributed by atoms with Gasteiger partial charge in [-0.1, -0.05) is 23.8 Å². The Labute approximate surface area is 199 Å². The summed E-state index contributed by atoms with van der Waals surface area (Å²) in [4.78, 5) is 28.5. The molecule has 182 valence electrons. The molecule has 0 N–H and O–H groups in total. The lowest BCUT2D eigenvalue weighted by Gasteiger charge is -2.34. The number of benzene rings is 2. The summed E-state index contributed by atoms with van der Waals surface area (Å²) < 4.78 is 40.5. The molecule has 0 radical (unpaired) electrons. The van der Waals surface area contributed by atoms with E-state index in [0.717, 1.165) is 29.2 Å². The molecule has 0 spiro atoms. The van der Waals surface area contributed by atoms with Gasteiger partial charge in [0.05, 0.1) is 17.1 Å². The third kappa shape index (κ3) is 6.06. The lowest BCUT2D eigenvalue weighted by Crippen LogP contribution is -2.49. The molecule has 0 aromatic heterocycles. The molecule has 0 unspecified atom stereocenters. The molecule has 2 aromatic rings. The molecule has 2 heterocycles. The van der Waals surface area contributed by atoms with Gasteiger partial charge in [0.15, 0.2) is 27.9 Å². The molecule has 0 atom stereocenters. The van der Waals surface area contributed by atoms with Gasteiger partial charge >= 0.3 is 5.97 Å². The number of aryl methyl sites for hydroxylation is 1. The topological polar surface area (TPSA) is 102 Å². The van der Waals surface area contributed by atoms with Crippen molar-refractivity contribution in [1.82, 2.24) is 9.80 Å². The first-order chi connectivity index (χ1) is 16.3. The van der Waals surface area contributed by atoms with Crippen molar-refractivity contribution in [3.63, 3.8) is 0 Å². The van der Waals surface area contributed by atoms with Crippen LogP contribution < -0.4 is 9.47 Å². The molecule has 1 fully saturated rings. The van der Waals surface area contributed by atoms with Gasteiger partial charge < -0.3 is 19.1 Å². The highest BCUT2D eigenvalue weighted by atomic mass is 32.2. The van der Waals surface area contributed by atoms with Crippen molar-refractivity contribution in [3.05, 3.63) is 53.6 Å². The van der Waals surface area contributed by atoms with Crippen LogP contribution in [0.25, 0.3) is 0 Å². The first-order valence-corrected chi connectivity index (χ1v) is 12.8. The minimum absolute atomic E-state index is 0.167. The molecule has 0 bridgehead atoms. The van der Waals surface area contributed by atoms with Crippen LogP contribution in [0.5, 0.6) is 11.5 Å². The van der Waals surface area contributed by atoms with E-state index in [1.165, 1.54) is 12.1 Å². The average molecular weight is 489 g/mol. The van der Waals surface area contributed by atoms with Crippen LogP contribution in [0.15, 0.2) is 47.4 Å². The Bertz CT molecular complexity index is 1140. The number of ether oxygens (including phenoxy) is 3. The largest absolute Gasteiger partial charge is 0.456 e. The number of hydrogen-bond donors (Lipinski definition) is 0. The summed E-state index contributed by atoms with van der Waals surface area (Å²) in [5.74, 6) is 0.158. The van der Waals surface area contributed by atoms with Gasteiger partial charge in [0.25, 0.3) is 5.91 Å². The van der Waals surface area contributed by atoms with E-state index in [1.807, 2.05) is 25.1 Å². The number of esters is 1. The Hall–Kier alpha value is -3.11. The van der Waals surface area contributed by atoms with Crippen molar-refractivity contribution in [1.29, 1.82) is 0 Å². The molecule has 1 amide bonds. The van der Waals surface area contributed by atoms with E-state index in [9.17, 15) is 18.0 Å². The van der Waals surface area contributed by atoms with Crippen molar-refractivity contribution in [2.24, 2.45) is 0 Å². The van der Waals surface area contributed by atoms with Crippen molar-refractivity contribution < 1.29 is 32.2 Å². The maximum atomic E-state index is 12.4. The summed E-state index contributed by atoms with van der Waals surface area (Å²) in [5, 5.41) is 0. The van der Waals surface area contributed by atoms with Gasteiger partial charge in [-0.3, -0.25) is 14.5 Å². The van der Waals surface area contributed by atoms with Gasteiger partial charge in [-0.05, 0) is 36.8 Å². The molecule has 4 rings (SSSR count). The second kappa shape index (κ2) is 10.4. The summed E-state index contributed by atoms with van der Waals surface area (Å²) in [6, 6.07) is 12.3. The van der Waals surface area contributed by atoms with Gasteiger partial charge in [-0.15, -0.1) is 0 Å². The summed E-state index contributed by atoms with van der Waals surface area (Å²) in [6.45, 7) is 4.92. The van der Waals surface area contributed by atoms with Gasteiger partial charge in [0.2, 0.25) is 6.79 Å². The molecule has 2 aromatic carbocycles. The fourth-order valence-electron chi connectivity index (χ4n) is 3.84. The molecule has 10 heteroatoms. The summed E-state index contributed by atoms with van der Waals surface area (Å²) in [7, 11) is -3.58. The molecule has 2 aliphatic rings. The maximum Gasteiger partial charge on any atom is 0.307 e. The average Bonchev–Trinajstić information content (AvgIpc) is 3.30. The summed E-state index contributed by atoms with van der Waals surface area (Å²) >= 11 is 0. The van der Waals surface area contributed by atoms with Crippen LogP contribution in [0.2, 0.25) is 0 Å². The molecular formula is C24H28N2O7S. The number of carbonyl (C=O) groups excluding carboxylic acids is 2. The highest BCUT2D eigenvalue weighted by Gasteiger charge is 2.23. The molecule has 0 aliphatic carbocycles. The van der Waals surface area contributed by atoms with E-state index in [4.69, 9.17) is 14.2 Å². The first kappa shape index (κ1) is 24.0. The number of nitrogens with zero attached hydrogens (tertiary/aromatic N) is 2. The number of rotatable bonds is 8. The molecule has 9 nitrogen and oxygen atoms in total. The Kier molecular flexibility index (Phi) is 7.38. The number of sulfone groups is 1. The minimum Gasteiger partial charge on any atom is -0.456 e. The zero-order valence-electron chi connectivity index (χ0n) is 19.1. The third-order valence-electron chi connectivity index (χ3n) is 5.88. The van der Waals surface area contributed by atoms with Crippen LogP contribution >= 0.6 is 0 Å². The molecular weight excluding hydrogens is 460 g/mol. The van der Waals surface area contributed by atoms with E-state index >= 15 is 0 Å². The predicted octanol–water partition coefficient (Wildman–Crippen LogP) is 1.78. The van der Waals surface area contributed by atoms with Gasteiger partial charge in [0, 0.05) is 32.7 Å². The molecule has 1 saturated heterocycles. The second-order valence-electron chi connectivity index (χ2n) is 8.39. The van der Waals surface area contributed by atoms with E-state index in [-0.39, 0.29) is 36.4 Å². The number of fused-ring (bicyclic) bond motifs is 1. The Balaban J connectivity index is 1.17. The van der Waals surface area contributed by atoms with Gasteiger partial charge in [-0.2, -0.15) is 0 Å². The lowest BCUT2D eigenvalue weighted by atomic mass is 10.1. The van der Waals surface area contributed by atoms with Crippen LogP contribution in [0.3, 0.4) is 0 Å². The van der Waals surface area contributed by atoms with Crippen molar-refractivity contribution in [2.75, 3.05) is 45.3 Å². The number of hydrogen-bond acceptors (Lipinski definition) is 8. The van der Waals surface area contributed by atoms with E-state index < -0.39 is 15.8 Å². The van der Waals surface area contributed by atoms with E-state index in [0.29, 0.717) is 26.2 Å². The Morgan fingerprint density at radius 2 is 1.68 bits per heavy atom. The zero-order valence-corrected chi connectivity index (χ0v) is 19.9. The van der Waals surface area contributed by atoms with Gasteiger partial charge in [-0.25, -0.2) is 8.42 Å².